The van der Waals surface area contributed by atoms with E-state index in [4.69, 9.17) is 4.74 Å². The molecule has 0 unspecified atom stereocenters. The third kappa shape index (κ3) is 4.10. The highest BCUT2D eigenvalue weighted by molar-refractivity contribution is 5.77. The van der Waals surface area contributed by atoms with Crippen LogP contribution in [-0.2, 0) is 15.8 Å². The van der Waals surface area contributed by atoms with Crippen molar-refractivity contribution >= 4 is 17.7 Å². The van der Waals surface area contributed by atoms with E-state index >= 15 is 0 Å². The van der Waals surface area contributed by atoms with Crippen LogP contribution in [0.4, 0.5) is 18.9 Å². The molecule has 0 aliphatic carbocycles. The second kappa shape index (κ2) is 6.21. The van der Waals surface area contributed by atoms with Crippen molar-refractivity contribution in [3.63, 3.8) is 0 Å². The molecule has 0 atom stereocenters. The highest BCUT2D eigenvalue weighted by Crippen LogP contribution is 2.38. The number of carbonyl (C=O) groups excluding carboxylic acids is 2. The van der Waals surface area contributed by atoms with Crippen molar-refractivity contribution < 1.29 is 27.5 Å². The molecule has 1 aromatic rings. The highest BCUT2D eigenvalue weighted by Gasteiger charge is 2.35. The molecule has 0 heterocycles. The van der Waals surface area contributed by atoms with Crippen molar-refractivity contribution in [2.75, 3.05) is 20.7 Å². The molecule has 0 radical (unpaired) electrons. The van der Waals surface area contributed by atoms with E-state index in [1.54, 1.807) is 0 Å². The number of aliphatic imine (C=N–C) groups is 1. The molecule has 108 valence electrons. The molecule has 5 nitrogen and oxygen atoms in total. The Morgan fingerprint density at radius 1 is 1.40 bits per heavy atom. The zero-order valence-corrected chi connectivity index (χ0v) is 10.7. The molecule has 0 fully saturated rings. The minimum absolute atomic E-state index is 0.196. The summed E-state index contributed by atoms with van der Waals surface area (Å²) in [7, 11) is 2.91. The number of hydrogen-bond acceptors (Lipinski definition) is 4. The Hall–Kier alpha value is -2.34. The Labute approximate surface area is 112 Å². The lowest BCUT2D eigenvalue weighted by molar-refractivity contribution is -0.140. The smallest absolute Gasteiger partial charge is 0.420 e. The van der Waals surface area contributed by atoms with Crippen molar-refractivity contribution in [1.29, 1.82) is 0 Å². The number of alkyl halides is 3. The fourth-order valence-electron chi connectivity index (χ4n) is 1.26. The molecule has 0 aliphatic rings. The number of benzene rings is 1. The van der Waals surface area contributed by atoms with Gasteiger partial charge in [-0.3, -0.25) is 4.79 Å². The molecule has 0 saturated carbocycles. The van der Waals surface area contributed by atoms with E-state index < -0.39 is 30.0 Å². The largest absolute Gasteiger partial charge is 0.483 e. The van der Waals surface area contributed by atoms with Gasteiger partial charge >= 0.3 is 6.18 Å². The van der Waals surface area contributed by atoms with E-state index in [-0.39, 0.29) is 5.69 Å². The molecule has 20 heavy (non-hydrogen) atoms. The molecular formula is C12H11F3N2O3. The average Bonchev–Trinajstić information content (AvgIpc) is 2.35. The van der Waals surface area contributed by atoms with Crippen LogP contribution >= 0.6 is 0 Å². The summed E-state index contributed by atoms with van der Waals surface area (Å²) in [6.45, 7) is -0.521. The molecule has 1 amide bonds. The lowest BCUT2D eigenvalue weighted by Gasteiger charge is -2.15. The predicted octanol–water partition coefficient (Wildman–Crippen LogP) is 2.14. The average molecular weight is 288 g/mol. The topological polar surface area (TPSA) is 59.0 Å². The number of isocyanates is 1. The first-order chi connectivity index (χ1) is 9.25. The number of likely N-dealkylation sites (N-methyl/N-ethyl adjacent to an activating group) is 1. The molecule has 0 spiro atoms. The maximum atomic E-state index is 12.8. The van der Waals surface area contributed by atoms with Gasteiger partial charge in [0.2, 0.25) is 6.08 Å². The van der Waals surface area contributed by atoms with Crippen LogP contribution in [0.1, 0.15) is 5.56 Å². The second-order valence-corrected chi connectivity index (χ2v) is 3.96. The first-order valence-electron chi connectivity index (χ1n) is 5.37. The number of rotatable bonds is 4. The van der Waals surface area contributed by atoms with Gasteiger partial charge in [-0.25, -0.2) is 4.79 Å². The van der Waals surface area contributed by atoms with Gasteiger partial charge in [0.25, 0.3) is 5.91 Å². The van der Waals surface area contributed by atoms with Gasteiger partial charge in [0, 0.05) is 14.1 Å². The Morgan fingerprint density at radius 2 is 2.05 bits per heavy atom. The van der Waals surface area contributed by atoms with Gasteiger partial charge in [0.05, 0.1) is 11.3 Å². The van der Waals surface area contributed by atoms with Crippen LogP contribution < -0.4 is 4.74 Å². The van der Waals surface area contributed by atoms with Crippen molar-refractivity contribution in [2.24, 2.45) is 4.99 Å². The Morgan fingerprint density at radius 3 is 2.55 bits per heavy atom. The summed E-state index contributed by atoms with van der Waals surface area (Å²) in [4.78, 5) is 25.7. The van der Waals surface area contributed by atoms with E-state index in [0.29, 0.717) is 6.07 Å². The number of ether oxygens (including phenoxy) is 1. The van der Waals surface area contributed by atoms with Gasteiger partial charge in [-0.2, -0.15) is 18.2 Å². The monoisotopic (exact) mass is 288 g/mol. The minimum Gasteiger partial charge on any atom is -0.483 e. The summed E-state index contributed by atoms with van der Waals surface area (Å²) >= 11 is 0. The fourth-order valence-corrected chi connectivity index (χ4v) is 1.26. The predicted molar refractivity (Wildman–Crippen MR) is 63.4 cm³/mol. The molecule has 8 heteroatoms. The summed E-state index contributed by atoms with van der Waals surface area (Å²) in [5.41, 5.74) is -1.31. The SMILES string of the molecule is CN(C)C(=O)COc1ccc(N=C=O)cc1C(F)(F)F. The van der Waals surface area contributed by atoms with E-state index in [1.807, 2.05) is 0 Å². The van der Waals surface area contributed by atoms with Crippen LogP contribution in [-0.4, -0.2) is 37.6 Å². The molecule has 0 bridgehead atoms. The standard InChI is InChI=1S/C12H11F3N2O3/c1-17(2)11(19)6-20-10-4-3-8(16-7-18)5-9(10)12(13,14)15/h3-5H,6H2,1-2H3. The minimum atomic E-state index is -4.69. The van der Waals surface area contributed by atoms with Crippen LogP contribution in [0.15, 0.2) is 23.2 Å². The van der Waals surface area contributed by atoms with Gasteiger partial charge in [-0.15, -0.1) is 0 Å². The molecule has 0 saturated heterocycles. The van der Waals surface area contributed by atoms with Crippen LogP contribution in [0.25, 0.3) is 0 Å². The third-order valence-electron chi connectivity index (χ3n) is 2.29. The number of carbonyl (C=O) groups is 1. The molecule has 1 rings (SSSR count). The van der Waals surface area contributed by atoms with Gasteiger partial charge in [-0.05, 0) is 18.2 Å². The van der Waals surface area contributed by atoms with Crippen molar-refractivity contribution in [3.8, 4) is 5.75 Å². The first kappa shape index (κ1) is 15.7. The summed E-state index contributed by atoms with van der Waals surface area (Å²) in [6, 6.07) is 2.82. The van der Waals surface area contributed by atoms with Crippen molar-refractivity contribution in [3.05, 3.63) is 23.8 Å². The Balaban J connectivity index is 3.06. The molecule has 0 aliphatic heterocycles. The Kier molecular flexibility index (Phi) is 4.88. The Bertz CT molecular complexity index is 549. The molecular weight excluding hydrogens is 277 g/mol. The normalized spacial score (nSPS) is 10.7. The van der Waals surface area contributed by atoms with E-state index in [1.165, 1.54) is 19.0 Å². The highest BCUT2D eigenvalue weighted by atomic mass is 19.4. The summed E-state index contributed by atoms with van der Waals surface area (Å²) in [6.07, 6.45) is -3.54. The second-order valence-electron chi connectivity index (χ2n) is 3.96. The van der Waals surface area contributed by atoms with E-state index in [2.05, 4.69) is 4.99 Å². The van der Waals surface area contributed by atoms with Crippen LogP contribution in [0.3, 0.4) is 0 Å². The van der Waals surface area contributed by atoms with Gasteiger partial charge < -0.3 is 9.64 Å². The summed E-state index contributed by atoms with van der Waals surface area (Å²) in [5.74, 6) is -0.981. The number of nitrogens with zero attached hydrogens (tertiary/aromatic N) is 2. The van der Waals surface area contributed by atoms with Crippen molar-refractivity contribution in [1.82, 2.24) is 4.90 Å². The maximum absolute atomic E-state index is 12.8. The fraction of sp³-hybridized carbons (Fsp3) is 0.333. The molecule has 1 aromatic carbocycles. The first-order valence-corrected chi connectivity index (χ1v) is 5.37. The maximum Gasteiger partial charge on any atom is 0.420 e. The van der Waals surface area contributed by atoms with E-state index in [9.17, 15) is 22.8 Å². The van der Waals surface area contributed by atoms with Crippen LogP contribution in [0.5, 0.6) is 5.75 Å². The number of amides is 1. The van der Waals surface area contributed by atoms with Gasteiger partial charge in [0.15, 0.2) is 6.61 Å². The lowest BCUT2D eigenvalue weighted by Crippen LogP contribution is -2.28. The number of hydrogen-bond donors (Lipinski definition) is 0. The quantitative estimate of drug-likeness (QED) is 0.630. The zero-order chi connectivity index (χ0) is 15.3. The van der Waals surface area contributed by atoms with E-state index in [0.717, 1.165) is 18.2 Å². The van der Waals surface area contributed by atoms with Gasteiger partial charge in [0.1, 0.15) is 5.75 Å². The summed E-state index contributed by atoms with van der Waals surface area (Å²) < 4.78 is 43.4. The van der Waals surface area contributed by atoms with Crippen LogP contribution in [0, 0.1) is 0 Å². The van der Waals surface area contributed by atoms with Crippen molar-refractivity contribution in [2.45, 2.75) is 6.18 Å². The summed E-state index contributed by atoms with van der Waals surface area (Å²) in [5, 5.41) is 0. The zero-order valence-electron chi connectivity index (χ0n) is 10.7. The third-order valence-corrected chi connectivity index (χ3v) is 2.29. The molecule has 0 N–H and O–H groups in total. The number of halogens is 3. The lowest BCUT2D eigenvalue weighted by atomic mass is 10.1. The van der Waals surface area contributed by atoms with Gasteiger partial charge in [-0.1, -0.05) is 0 Å². The van der Waals surface area contributed by atoms with Crippen LogP contribution in [0.2, 0.25) is 0 Å². The molecule has 0 aromatic heterocycles.